The van der Waals surface area contributed by atoms with Gasteiger partial charge in [-0.2, -0.15) is 0 Å². The number of aromatic nitrogens is 1. The molecule has 1 aromatic carbocycles. The third-order valence-corrected chi connectivity index (χ3v) is 7.04. The summed E-state index contributed by atoms with van der Waals surface area (Å²) in [5.41, 5.74) is -1.73. The zero-order chi connectivity index (χ0) is 26.6. The molecule has 196 valence electrons. The fourth-order valence-corrected chi connectivity index (χ4v) is 5.40. The van der Waals surface area contributed by atoms with Crippen molar-refractivity contribution in [1.29, 1.82) is 0 Å². The summed E-state index contributed by atoms with van der Waals surface area (Å²) in [4.78, 5) is 19.2. The molecule has 7 nitrogen and oxygen atoms in total. The summed E-state index contributed by atoms with van der Waals surface area (Å²) in [5.74, 6) is -4.39. The molecule has 2 saturated heterocycles. The number of halogens is 4. The van der Waals surface area contributed by atoms with Crippen LogP contribution >= 0.6 is 0 Å². The number of fused-ring (bicyclic) bond motifs is 1. The van der Waals surface area contributed by atoms with Crippen LogP contribution in [0.3, 0.4) is 0 Å². The Hall–Kier alpha value is -2.79. The fraction of sp³-hybridized carbons (Fsp3) is 0.500. The molecule has 3 heterocycles. The highest BCUT2D eigenvalue weighted by Gasteiger charge is 2.57. The van der Waals surface area contributed by atoms with Crippen LogP contribution < -0.4 is 9.47 Å². The third-order valence-electron chi connectivity index (χ3n) is 7.04. The van der Waals surface area contributed by atoms with E-state index in [9.17, 15) is 22.4 Å². The summed E-state index contributed by atoms with van der Waals surface area (Å²) in [7, 11) is 4.80. The molecule has 3 aliphatic rings. The molecule has 2 aromatic rings. The number of methoxy groups -OCH3 is 1. The summed E-state index contributed by atoms with van der Waals surface area (Å²) in [6.07, 6.45) is -0.865. The number of nitrogens with zero attached hydrogens (tertiary/aromatic N) is 2. The van der Waals surface area contributed by atoms with Crippen LogP contribution in [-0.2, 0) is 15.1 Å². The number of ether oxygens (including phenoxy) is 4. The molecule has 5 rings (SSSR count). The number of likely N-dealkylation sites (tertiary alicyclic amines) is 1. The van der Waals surface area contributed by atoms with Gasteiger partial charge in [0.25, 0.3) is 11.8 Å². The minimum absolute atomic E-state index is 0.0695. The number of rotatable bonds is 6. The Morgan fingerprint density at radius 3 is 2.54 bits per heavy atom. The summed E-state index contributed by atoms with van der Waals surface area (Å²) in [6, 6.07) is 6.26. The Morgan fingerprint density at radius 1 is 1.19 bits per heavy atom. The summed E-state index contributed by atoms with van der Waals surface area (Å²) >= 11 is 0. The van der Waals surface area contributed by atoms with E-state index in [-0.39, 0.29) is 62.2 Å². The van der Waals surface area contributed by atoms with Crippen molar-refractivity contribution in [3.05, 3.63) is 53.2 Å². The first kappa shape index (κ1) is 25.8. The molecular formula is C24H26B2F4N2O5. The van der Waals surface area contributed by atoms with Gasteiger partial charge >= 0.3 is 0 Å². The van der Waals surface area contributed by atoms with Crippen LogP contribution in [0.1, 0.15) is 35.3 Å². The minimum Gasteiger partial charge on any atom is -0.488 e. The monoisotopic (exact) mass is 520 g/mol. The number of pyridine rings is 1. The van der Waals surface area contributed by atoms with E-state index in [1.807, 2.05) is 0 Å². The van der Waals surface area contributed by atoms with Gasteiger partial charge in [0, 0.05) is 37.8 Å². The van der Waals surface area contributed by atoms with Gasteiger partial charge < -0.3 is 23.8 Å². The zero-order valence-electron chi connectivity index (χ0n) is 20.7. The Bertz CT molecular complexity index is 1190. The first-order valence-corrected chi connectivity index (χ1v) is 12.1. The molecule has 37 heavy (non-hydrogen) atoms. The van der Waals surface area contributed by atoms with Crippen molar-refractivity contribution in [2.75, 3.05) is 26.8 Å². The first-order valence-electron chi connectivity index (χ1n) is 12.1. The molecule has 0 bridgehead atoms. The summed E-state index contributed by atoms with van der Waals surface area (Å²) < 4.78 is 77.4. The van der Waals surface area contributed by atoms with Gasteiger partial charge in [-0.25, -0.2) is 22.5 Å². The maximum absolute atomic E-state index is 14.1. The summed E-state index contributed by atoms with van der Waals surface area (Å²) in [6.45, 7) is 0.439. The molecule has 2 atom stereocenters. The highest BCUT2D eigenvalue weighted by atomic mass is 19.3. The van der Waals surface area contributed by atoms with Crippen LogP contribution in [0.25, 0.3) is 0 Å². The van der Waals surface area contributed by atoms with E-state index >= 15 is 0 Å². The van der Waals surface area contributed by atoms with Crippen molar-refractivity contribution >= 4 is 21.6 Å². The van der Waals surface area contributed by atoms with Crippen molar-refractivity contribution in [2.45, 2.75) is 42.5 Å². The molecule has 1 aliphatic carbocycles. The molecule has 1 amide bonds. The highest BCUT2D eigenvalue weighted by molar-refractivity contribution is 6.38. The maximum atomic E-state index is 14.1. The third kappa shape index (κ3) is 5.03. The van der Waals surface area contributed by atoms with E-state index in [4.69, 9.17) is 18.9 Å². The number of carbonyl (C=O) groups is 1. The Balaban J connectivity index is 1.32. The van der Waals surface area contributed by atoms with Crippen molar-refractivity contribution in [2.24, 2.45) is 5.92 Å². The number of hydrogen-bond acceptors (Lipinski definition) is 6. The van der Waals surface area contributed by atoms with E-state index in [0.29, 0.717) is 5.56 Å². The van der Waals surface area contributed by atoms with E-state index in [1.54, 1.807) is 20.6 Å². The number of amides is 1. The lowest BCUT2D eigenvalue weighted by Crippen LogP contribution is -2.53. The SMILES string of the molecule is BC1(B)OC2CN(C(=O)c3ccc(OCC4CC(F)(F)C4)c(OC)n3)CC[C@]2(c2cc(F)cc(F)c2)O1. The second-order valence-electron chi connectivity index (χ2n) is 10.3. The Labute approximate surface area is 213 Å². The molecule has 1 aromatic heterocycles. The predicted octanol–water partition coefficient (Wildman–Crippen LogP) is 1.83. The van der Waals surface area contributed by atoms with Gasteiger partial charge in [0.05, 0.1) is 25.8 Å². The van der Waals surface area contributed by atoms with E-state index in [0.717, 1.165) is 6.07 Å². The second-order valence-corrected chi connectivity index (χ2v) is 10.3. The number of piperidine rings is 1. The number of hydrogen-bond donors (Lipinski definition) is 0. The second kappa shape index (κ2) is 9.20. The molecule has 2 aliphatic heterocycles. The van der Waals surface area contributed by atoms with E-state index in [1.165, 1.54) is 31.4 Å². The van der Waals surface area contributed by atoms with Crippen LogP contribution in [-0.4, -0.2) is 75.9 Å². The molecular weight excluding hydrogens is 494 g/mol. The fourth-order valence-electron chi connectivity index (χ4n) is 5.40. The van der Waals surface area contributed by atoms with Gasteiger partial charge in [-0.15, -0.1) is 0 Å². The lowest BCUT2D eigenvalue weighted by atomic mass is 9.76. The van der Waals surface area contributed by atoms with Crippen molar-refractivity contribution in [1.82, 2.24) is 9.88 Å². The average molecular weight is 520 g/mol. The van der Waals surface area contributed by atoms with Crippen LogP contribution in [0.2, 0.25) is 0 Å². The predicted molar refractivity (Wildman–Crippen MR) is 128 cm³/mol. The Morgan fingerprint density at radius 2 is 1.89 bits per heavy atom. The normalized spacial score (nSPS) is 26.3. The van der Waals surface area contributed by atoms with E-state index in [2.05, 4.69) is 4.98 Å². The van der Waals surface area contributed by atoms with Gasteiger partial charge in [-0.05, 0) is 29.8 Å². The smallest absolute Gasteiger partial charge is 0.272 e. The highest BCUT2D eigenvalue weighted by Crippen LogP contribution is 2.47. The van der Waals surface area contributed by atoms with Gasteiger partial charge in [0.1, 0.15) is 29.0 Å². The van der Waals surface area contributed by atoms with Crippen LogP contribution in [0.5, 0.6) is 11.6 Å². The van der Waals surface area contributed by atoms with E-state index < -0.39 is 40.8 Å². The Kier molecular flexibility index (Phi) is 6.42. The van der Waals surface area contributed by atoms with Crippen molar-refractivity contribution in [3.8, 4) is 11.6 Å². The first-order chi connectivity index (χ1) is 17.4. The van der Waals surface area contributed by atoms with Crippen LogP contribution in [0, 0.1) is 17.6 Å². The average Bonchev–Trinajstić information content (AvgIpc) is 3.10. The van der Waals surface area contributed by atoms with Crippen LogP contribution in [0.15, 0.2) is 30.3 Å². The van der Waals surface area contributed by atoms with Crippen molar-refractivity contribution in [3.63, 3.8) is 0 Å². The molecule has 3 fully saturated rings. The lowest BCUT2D eigenvalue weighted by Gasteiger charge is -2.42. The summed E-state index contributed by atoms with van der Waals surface area (Å²) in [5, 5.41) is 0. The lowest BCUT2D eigenvalue weighted by molar-refractivity contribution is -0.119. The molecule has 0 N–H and O–H groups in total. The van der Waals surface area contributed by atoms with Gasteiger partial charge in [0.15, 0.2) is 21.4 Å². The molecule has 1 unspecified atom stereocenters. The quantitative estimate of drug-likeness (QED) is 0.428. The number of alkyl halides is 2. The largest absolute Gasteiger partial charge is 0.488 e. The molecule has 0 radical (unpaired) electrons. The zero-order valence-corrected chi connectivity index (χ0v) is 20.7. The molecule has 0 spiro atoms. The molecule has 1 saturated carbocycles. The number of benzene rings is 1. The topological polar surface area (TPSA) is 70.1 Å². The van der Waals surface area contributed by atoms with Gasteiger partial charge in [0.2, 0.25) is 5.92 Å². The van der Waals surface area contributed by atoms with Gasteiger partial charge in [-0.3, -0.25) is 4.79 Å². The number of carbonyl (C=O) groups excluding carboxylic acids is 1. The maximum Gasteiger partial charge on any atom is 0.272 e. The molecule has 13 heteroatoms. The van der Waals surface area contributed by atoms with Crippen LogP contribution in [0.4, 0.5) is 17.6 Å². The van der Waals surface area contributed by atoms with Crippen molar-refractivity contribution < 1.29 is 41.3 Å². The minimum atomic E-state index is -2.63. The standard InChI is InChI=1S/C24H26B2F4N2O5/c1-34-20-18(35-12-13-9-22(29,30)10-13)3-2-17(31-20)21(33)32-5-4-23(14-6-15(27)8-16(28)7-14)19(11-32)36-24(25,26)37-23/h2-3,6-8,13,19H,4-5,9-12,25-26H2,1H3/t19?,23-/m1/s1. The van der Waals surface area contributed by atoms with Gasteiger partial charge in [-0.1, -0.05) is 0 Å².